The first-order chi connectivity index (χ1) is 28.7. The molecule has 0 radical (unpaired) electrons. The zero-order chi connectivity index (χ0) is 38.2. The summed E-state index contributed by atoms with van der Waals surface area (Å²) >= 11 is 0. The fourth-order valence-corrected chi connectivity index (χ4v) is 11.4. The van der Waals surface area contributed by atoms with Crippen LogP contribution in [0.1, 0.15) is 43.2 Å². The molecular formula is C52H40N6. The third-order valence-electron chi connectivity index (χ3n) is 13.6. The highest BCUT2D eigenvalue weighted by Crippen LogP contribution is 2.70. The molecule has 6 nitrogen and oxygen atoms in total. The van der Waals surface area contributed by atoms with Crippen LogP contribution in [0.5, 0.6) is 0 Å². The third kappa shape index (κ3) is 5.24. The van der Waals surface area contributed by atoms with Gasteiger partial charge in [-0.1, -0.05) is 152 Å². The maximum absolute atomic E-state index is 5.29. The largest absolute Gasteiger partial charge is 0.208 e. The standard InChI is InChI=1S/C52H40N6/c1-5-14-34(15-6-1)46-53-47(35-16-7-2-8-17-35)56-50(55-46)38-24-25-43-42(31-38)45-41(22-13-23-44(45)52(43)39-27-32-26-33(29-39)30-40(52)28-32)51-57-48(36-18-9-3-10-19-36)54-49(58-51)37-20-11-4-12-21-37/h1-25,31-33,39-40H,26-30H2. The van der Waals surface area contributed by atoms with Crippen molar-refractivity contribution in [2.75, 3.05) is 0 Å². The van der Waals surface area contributed by atoms with E-state index in [0.717, 1.165) is 45.2 Å². The van der Waals surface area contributed by atoms with Crippen LogP contribution in [-0.4, -0.2) is 29.9 Å². The maximum atomic E-state index is 5.29. The normalized spacial score (nSPS) is 22.2. The van der Waals surface area contributed by atoms with Crippen LogP contribution in [-0.2, 0) is 5.41 Å². The maximum Gasteiger partial charge on any atom is 0.164 e. The van der Waals surface area contributed by atoms with Crippen molar-refractivity contribution in [3.8, 4) is 79.5 Å². The third-order valence-corrected chi connectivity index (χ3v) is 13.6. The van der Waals surface area contributed by atoms with Gasteiger partial charge in [0.25, 0.3) is 0 Å². The molecule has 6 heteroatoms. The fraction of sp³-hybridized carbons (Fsp3) is 0.192. The van der Waals surface area contributed by atoms with Crippen LogP contribution in [0.4, 0.5) is 0 Å². The smallest absolute Gasteiger partial charge is 0.164 e. The number of nitrogens with zero attached hydrogens (tertiary/aromatic N) is 6. The van der Waals surface area contributed by atoms with Crippen LogP contribution in [0.15, 0.2) is 158 Å². The van der Waals surface area contributed by atoms with Crippen LogP contribution in [0, 0.1) is 23.7 Å². The van der Waals surface area contributed by atoms with Gasteiger partial charge in [0.2, 0.25) is 0 Å². The summed E-state index contributed by atoms with van der Waals surface area (Å²) in [4.78, 5) is 31.0. The Morgan fingerprint density at radius 3 is 1.19 bits per heavy atom. The minimum Gasteiger partial charge on any atom is -0.208 e. The van der Waals surface area contributed by atoms with Gasteiger partial charge in [-0.2, -0.15) is 0 Å². The Morgan fingerprint density at radius 2 is 0.741 bits per heavy atom. The summed E-state index contributed by atoms with van der Waals surface area (Å²) in [7, 11) is 0. The molecule has 58 heavy (non-hydrogen) atoms. The molecule has 6 aromatic carbocycles. The lowest BCUT2D eigenvalue weighted by Crippen LogP contribution is -2.55. The van der Waals surface area contributed by atoms with Crippen LogP contribution in [0.2, 0.25) is 0 Å². The number of hydrogen-bond acceptors (Lipinski definition) is 6. The summed E-state index contributed by atoms with van der Waals surface area (Å²) in [6.45, 7) is 0. The lowest BCUT2D eigenvalue weighted by atomic mass is 9.43. The number of benzene rings is 6. The molecule has 0 atom stereocenters. The van der Waals surface area contributed by atoms with E-state index in [1.807, 2.05) is 72.8 Å². The van der Waals surface area contributed by atoms with Gasteiger partial charge in [0, 0.05) is 38.8 Å². The van der Waals surface area contributed by atoms with E-state index in [9.17, 15) is 0 Å². The summed E-state index contributed by atoms with van der Waals surface area (Å²) < 4.78 is 0. The lowest BCUT2D eigenvalue weighted by Gasteiger charge is -2.61. The van der Waals surface area contributed by atoms with Crippen molar-refractivity contribution in [3.63, 3.8) is 0 Å². The molecule has 2 heterocycles. The Kier molecular flexibility index (Phi) is 7.62. The van der Waals surface area contributed by atoms with E-state index in [2.05, 4.69) is 84.9 Å². The van der Waals surface area contributed by atoms with Gasteiger partial charge in [-0.25, -0.2) is 29.9 Å². The quantitative estimate of drug-likeness (QED) is 0.168. The molecule has 5 aliphatic rings. The molecule has 1 spiro atoms. The summed E-state index contributed by atoms with van der Waals surface area (Å²) in [5.41, 5.74) is 11.2. The van der Waals surface area contributed by atoms with Gasteiger partial charge in [-0.15, -0.1) is 0 Å². The van der Waals surface area contributed by atoms with Crippen LogP contribution in [0.25, 0.3) is 79.5 Å². The Labute approximate surface area is 338 Å². The first-order valence-electron chi connectivity index (χ1n) is 20.7. The molecule has 0 unspecified atom stereocenters. The molecule has 4 fully saturated rings. The first kappa shape index (κ1) is 33.5. The SMILES string of the molecule is c1ccc(-c2nc(-c3ccccc3)nc(-c3ccc4c(c3)-c3c(-c5nc(-c6ccccc6)nc(-c6ccccc6)n5)cccc3C43C4CC5CC(C4)CC3C5)n2)cc1. The first-order valence-corrected chi connectivity index (χ1v) is 20.7. The molecule has 4 bridgehead atoms. The molecule has 0 amide bonds. The van der Waals surface area contributed by atoms with Crippen LogP contribution in [0.3, 0.4) is 0 Å². The van der Waals surface area contributed by atoms with Crippen molar-refractivity contribution in [2.24, 2.45) is 23.7 Å². The number of rotatable bonds is 6. The summed E-state index contributed by atoms with van der Waals surface area (Å²) in [5, 5.41) is 0. The van der Waals surface area contributed by atoms with E-state index >= 15 is 0 Å². The topological polar surface area (TPSA) is 77.3 Å². The molecule has 278 valence electrons. The predicted molar refractivity (Wildman–Crippen MR) is 229 cm³/mol. The fourth-order valence-electron chi connectivity index (χ4n) is 11.4. The van der Waals surface area contributed by atoms with Gasteiger partial charge >= 0.3 is 0 Å². The van der Waals surface area contributed by atoms with Gasteiger partial charge in [-0.05, 0) is 84.1 Å². The van der Waals surface area contributed by atoms with E-state index in [0.29, 0.717) is 46.8 Å². The molecule has 0 N–H and O–H groups in total. The van der Waals surface area contributed by atoms with Crippen molar-refractivity contribution in [2.45, 2.75) is 37.5 Å². The van der Waals surface area contributed by atoms with Crippen LogP contribution < -0.4 is 0 Å². The van der Waals surface area contributed by atoms with Gasteiger partial charge in [0.1, 0.15) is 0 Å². The molecule has 0 saturated heterocycles. The van der Waals surface area contributed by atoms with E-state index < -0.39 is 0 Å². The minimum absolute atomic E-state index is 0.0479. The Hall–Kier alpha value is -6.66. The molecular weight excluding hydrogens is 709 g/mol. The summed E-state index contributed by atoms with van der Waals surface area (Å²) in [5.74, 6) is 6.92. The number of aromatic nitrogens is 6. The molecule has 0 aliphatic heterocycles. The van der Waals surface area contributed by atoms with Gasteiger partial charge in [-0.3, -0.25) is 0 Å². The zero-order valence-electron chi connectivity index (χ0n) is 32.0. The van der Waals surface area contributed by atoms with Gasteiger partial charge in [0.15, 0.2) is 34.9 Å². The summed E-state index contributed by atoms with van der Waals surface area (Å²) in [6.07, 6.45) is 6.61. The second-order valence-electron chi connectivity index (χ2n) is 16.7. The zero-order valence-corrected chi connectivity index (χ0v) is 32.0. The highest BCUT2D eigenvalue weighted by Gasteiger charge is 2.61. The Morgan fingerprint density at radius 1 is 0.328 bits per heavy atom. The molecule has 4 saturated carbocycles. The molecule has 8 aromatic rings. The van der Waals surface area contributed by atoms with Crippen molar-refractivity contribution in [1.82, 2.24) is 29.9 Å². The van der Waals surface area contributed by atoms with Crippen LogP contribution >= 0.6 is 0 Å². The average Bonchev–Trinajstić information content (AvgIpc) is 3.59. The minimum atomic E-state index is -0.0479. The second-order valence-corrected chi connectivity index (χ2v) is 16.7. The van der Waals surface area contributed by atoms with E-state index in [1.165, 1.54) is 54.4 Å². The molecule has 2 aromatic heterocycles. The summed E-state index contributed by atoms with van der Waals surface area (Å²) in [6, 6.07) is 55.0. The molecule has 5 aliphatic carbocycles. The highest BCUT2D eigenvalue weighted by atomic mass is 15.0. The number of fused-ring (bicyclic) bond motifs is 3. The monoisotopic (exact) mass is 748 g/mol. The lowest BCUT2D eigenvalue weighted by molar-refractivity contribution is -0.0399. The van der Waals surface area contributed by atoms with Gasteiger partial charge in [0.05, 0.1) is 0 Å². The predicted octanol–water partition coefficient (Wildman–Crippen LogP) is 11.8. The van der Waals surface area contributed by atoms with E-state index in [4.69, 9.17) is 29.9 Å². The number of hydrogen-bond donors (Lipinski definition) is 0. The van der Waals surface area contributed by atoms with Crippen molar-refractivity contribution in [3.05, 3.63) is 169 Å². The Bertz CT molecular complexity index is 2700. The highest BCUT2D eigenvalue weighted by molar-refractivity contribution is 5.93. The molecule has 13 rings (SSSR count). The van der Waals surface area contributed by atoms with Gasteiger partial charge < -0.3 is 0 Å². The average molecular weight is 749 g/mol. The van der Waals surface area contributed by atoms with E-state index in [1.54, 1.807) is 0 Å². The second kappa shape index (κ2) is 13.2. The van der Waals surface area contributed by atoms with Crippen molar-refractivity contribution in [1.29, 1.82) is 0 Å². The van der Waals surface area contributed by atoms with Crippen molar-refractivity contribution < 1.29 is 0 Å². The van der Waals surface area contributed by atoms with E-state index in [-0.39, 0.29) is 5.41 Å². The Balaban J connectivity index is 1.10. The van der Waals surface area contributed by atoms with Crippen molar-refractivity contribution >= 4 is 0 Å².